The van der Waals surface area contributed by atoms with Gasteiger partial charge in [0.05, 0.1) is 19.1 Å². The second-order valence-corrected chi connectivity index (χ2v) is 7.62. The largest absolute Gasteiger partial charge is 0.465 e. The number of hydrogen-bond donors (Lipinski definition) is 0. The Hall–Kier alpha value is -2.73. The molecule has 1 aliphatic heterocycles. The Morgan fingerprint density at radius 2 is 1.26 bits per heavy atom. The molecule has 0 amide bonds. The Kier molecular flexibility index (Phi) is 12.5. The number of carbonyl (C=O) groups excluding carboxylic acids is 5. The van der Waals surface area contributed by atoms with E-state index >= 15 is 0 Å². The van der Waals surface area contributed by atoms with Crippen LogP contribution in [0.25, 0.3) is 0 Å². The van der Waals surface area contributed by atoms with Gasteiger partial charge in [-0.3, -0.25) is 24.0 Å². The molecule has 0 aliphatic carbocycles. The first-order valence-electron chi connectivity index (χ1n) is 11.1. The Morgan fingerprint density at radius 3 is 1.68 bits per heavy atom. The zero-order valence-electron chi connectivity index (χ0n) is 20.4. The van der Waals surface area contributed by atoms with E-state index in [4.69, 9.17) is 33.2 Å². The van der Waals surface area contributed by atoms with Crippen molar-refractivity contribution in [2.24, 2.45) is 11.8 Å². The summed E-state index contributed by atoms with van der Waals surface area (Å²) in [5.74, 6) is -6.97. The fourth-order valence-corrected chi connectivity index (χ4v) is 3.49. The molecule has 5 atom stereocenters. The van der Waals surface area contributed by atoms with Crippen molar-refractivity contribution in [1.29, 1.82) is 0 Å². The highest BCUT2D eigenvalue weighted by Gasteiger charge is 2.57. The fraction of sp³-hybridized carbons (Fsp3) is 0.773. The molecular weight excluding hydrogens is 456 g/mol. The Bertz CT molecular complexity index is 701. The Morgan fingerprint density at radius 1 is 0.765 bits per heavy atom. The van der Waals surface area contributed by atoms with Crippen LogP contribution in [0.5, 0.6) is 0 Å². The van der Waals surface area contributed by atoms with Crippen molar-refractivity contribution in [1.82, 2.24) is 0 Å². The molecule has 12 heteroatoms. The molecule has 0 saturated carbocycles. The number of ether oxygens (including phenoxy) is 7. The average molecular weight is 491 g/mol. The molecule has 1 heterocycles. The van der Waals surface area contributed by atoms with Crippen molar-refractivity contribution in [2.75, 3.05) is 26.9 Å². The lowest BCUT2D eigenvalue weighted by Crippen LogP contribution is -2.62. The van der Waals surface area contributed by atoms with Crippen LogP contribution in [-0.4, -0.2) is 81.4 Å². The summed E-state index contributed by atoms with van der Waals surface area (Å²) in [5.41, 5.74) is 0. The van der Waals surface area contributed by atoms with Crippen LogP contribution in [0.2, 0.25) is 0 Å². The summed E-state index contributed by atoms with van der Waals surface area (Å²) in [5, 5.41) is 0. The molecule has 0 spiro atoms. The van der Waals surface area contributed by atoms with Gasteiger partial charge in [0.1, 0.15) is 12.7 Å². The normalized spacial score (nSPS) is 24.1. The Balaban J connectivity index is 3.54. The van der Waals surface area contributed by atoms with Gasteiger partial charge < -0.3 is 33.2 Å². The van der Waals surface area contributed by atoms with Crippen molar-refractivity contribution >= 4 is 29.8 Å². The number of rotatable bonds is 12. The van der Waals surface area contributed by atoms with Crippen LogP contribution < -0.4 is 0 Å². The highest BCUT2D eigenvalue weighted by molar-refractivity contribution is 5.95. The molecule has 1 rings (SSSR count). The molecule has 12 nitrogen and oxygen atoms in total. The van der Waals surface area contributed by atoms with Gasteiger partial charge in [-0.25, -0.2) is 0 Å². The topological polar surface area (TPSA) is 150 Å². The minimum absolute atomic E-state index is 0.0301. The molecule has 194 valence electrons. The van der Waals surface area contributed by atoms with Gasteiger partial charge >= 0.3 is 29.8 Å². The maximum atomic E-state index is 13.0. The third-order valence-electron chi connectivity index (χ3n) is 4.77. The van der Waals surface area contributed by atoms with Crippen LogP contribution in [0.1, 0.15) is 47.5 Å². The van der Waals surface area contributed by atoms with Gasteiger partial charge in [0.2, 0.25) is 0 Å². The van der Waals surface area contributed by atoms with Gasteiger partial charge in [0.15, 0.2) is 24.4 Å². The maximum Gasteiger partial charge on any atom is 0.320 e. The van der Waals surface area contributed by atoms with Gasteiger partial charge in [0.25, 0.3) is 0 Å². The van der Waals surface area contributed by atoms with E-state index in [-0.39, 0.29) is 19.8 Å². The SMILES string of the molecule is CCCOC(=O)C(C(=O)OCCC)[C@H]1[C@@H](OC)O[C@H](COC(C)=O)[C@@H](OC(C)=O)[C@@H]1OC(C)=O. The van der Waals surface area contributed by atoms with Crippen LogP contribution in [-0.2, 0) is 57.1 Å². The van der Waals surface area contributed by atoms with Crippen LogP contribution >= 0.6 is 0 Å². The number of hydrogen-bond acceptors (Lipinski definition) is 12. The third-order valence-corrected chi connectivity index (χ3v) is 4.77. The zero-order valence-corrected chi connectivity index (χ0v) is 20.4. The second kappa shape index (κ2) is 14.5. The summed E-state index contributed by atoms with van der Waals surface area (Å²) in [7, 11) is 1.25. The molecule has 0 aromatic heterocycles. The lowest BCUT2D eigenvalue weighted by Gasteiger charge is -2.45. The van der Waals surface area contributed by atoms with Crippen molar-refractivity contribution in [3.05, 3.63) is 0 Å². The summed E-state index contributed by atoms with van der Waals surface area (Å²) in [6.07, 6.45) is -4.19. The molecule has 0 radical (unpaired) electrons. The summed E-state index contributed by atoms with van der Waals surface area (Å²) >= 11 is 0. The highest BCUT2D eigenvalue weighted by atomic mass is 16.7. The lowest BCUT2D eigenvalue weighted by molar-refractivity contribution is -0.293. The van der Waals surface area contributed by atoms with Gasteiger partial charge in [0, 0.05) is 27.9 Å². The molecule has 1 saturated heterocycles. The molecule has 1 fully saturated rings. The third kappa shape index (κ3) is 8.56. The van der Waals surface area contributed by atoms with Gasteiger partial charge in [-0.1, -0.05) is 13.8 Å². The quantitative estimate of drug-likeness (QED) is 0.217. The predicted octanol–water partition coefficient (Wildman–Crippen LogP) is 0.923. The zero-order chi connectivity index (χ0) is 25.8. The number of methoxy groups -OCH3 is 1. The minimum Gasteiger partial charge on any atom is -0.465 e. The molecule has 34 heavy (non-hydrogen) atoms. The molecule has 0 bridgehead atoms. The molecule has 0 aromatic rings. The summed E-state index contributed by atoms with van der Waals surface area (Å²) in [6.45, 7) is 6.64. The van der Waals surface area contributed by atoms with E-state index in [1.165, 1.54) is 14.0 Å². The van der Waals surface area contributed by atoms with Gasteiger partial charge in [-0.05, 0) is 12.8 Å². The minimum atomic E-state index is -1.62. The van der Waals surface area contributed by atoms with Crippen LogP contribution in [0.15, 0.2) is 0 Å². The van der Waals surface area contributed by atoms with E-state index < -0.39 is 66.3 Å². The van der Waals surface area contributed by atoms with Gasteiger partial charge in [-0.15, -0.1) is 0 Å². The standard InChI is InChI=1S/C22H34O12/c1-7-9-29-20(26)17(21(27)30-10-8-2)16-19(33-14(5)25)18(32-13(4)24)15(11-31-12(3)23)34-22(16)28-6/h15-19,22H,7-11H2,1-6H3/t15-,16-,18-,19-,22+/m1/s1. The van der Waals surface area contributed by atoms with Crippen LogP contribution in [0.3, 0.4) is 0 Å². The van der Waals surface area contributed by atoms with Crippen molar-refractivity contribution < 1.29 is 57.1 Å². The summed E-state index contributed by atoms with van der Waals surface area (Å²) < 4.78 is 37.4. The number of esters is 5. The number of carbonyl (C=O) groups is 5. The molecule has 0 N–H and O–H groups in total. The molecule has 0 unspecified atom stereocenters. The monoisotopic (exact) mass is 490 g/mol. The van der Waals surface area contributed by atoms with E-state index in [9.17, 15) is 24.0 Å². The highest BCUT2D eigenvalue weighted by Crippen LogP contribution is 2.37. The van der Waals surface area contributed by atoms with E-state index in [0.717, 1.165) is 13.8 Å². The predicted molar refractivity (Wildman–Crippen MR) is 113 cm³/mol. The van der Waals surface area contributed by atoms with E-state index in [1.807, 2.05) is 0 Å². The first-order chi connectivity index (χ1) is 16.1. The van der Waals surface area contributed by atoms with Crippen molar-refractivity contribution in [3.63, 3.8) is 0 Å². The van der Waals surface area contributed by atoms with Crippen LogP contribution in [0.4, 0.5) is 0 Å². The lowest BCUT2D eigenvalue weighted by atomic mass is 9.80. The Labute approximate surface area is 198 Å². The maximum absolute atomic E-state index is 13.0. The van der Waals surface area contributed by atoms with Crippen LogP contribution in [0, 0.1) is 11.8 Å². The first-order valence-corrected chi connectivity index (χ1v) is 11.1. The van der Waals surface area contributed by atoms with Gasteiger partial charge in [-0.2, -0.15) is 0 Å². The fourth-order valence-electron chi connectivity index (χ4n) is 3.49. The van der Waals surface area contributed by atoms with Crippen molar-refractivity contribution in [3.8, 4) is 0 Å². The molecular formula is C22H34O12. The second-order valence-electron chi connectivity index (χ2n) is 7.62. The average Bonchev–Trinajstić information content (AvgIpc) is 2.76. The summed E-state index contributed by atoms with van der Waals surface area (Å²) in [4.78, 5) is 61.2. The van der Waals surface area contributed by atoms with E-state index in [0.29, 0.717) is 12.8 Å². The first kappa shape index (κ1) is 29.3. The molecule has 1 aliphatic rings. The van der Waals surface area contributed by atoms with E-state index in [2.05, 4.69) is 0 Å². The molecule has 0 aromatic carbocycles. The van der Waals surface area contributed by atoms with Crippen molar-refractivity contribution in [2.45, 2.75) is 72.1 Å². The smallest absolute Gasteiger partial charge is 0.320 e. The van der Waals surface area contributed by atoms with E-state index in [1.54, 1.807) is 13.8 Å². The summed E-state index contributed by atoms with van der Waals surface area (Å²) in [6, 6.07) is 0.